The smallest absolute Gasteiger partial charge is 0.251 e. The first-order chi connectivity index (χ1) is 8.63. The molecule has 1 aliphatic rings. The minimum absolute atomic E-state index is 0.127. The SMILES string of the molecule is Cn1cc(C2Nc3nc(Cl)ncc3NC2=O)cn1. The number of aromatic nitrogens is 4. The van der Waals surface area contributed by atoms with Gasteiger partial charge in [-0.05, 0) is 11.6 Å². The third-order valence-corrected chi connectivity index (χ3v) is 2.80. The standard InChI is InChI=1S/C10H9ClN6O/c1-17-4-5(2-13-17)7-9(18)14-6-3-12-10(11)16-8(6)15-7/h2-4,7H,1H3,(H,14,18)(H,12,15,16). The van der Waals surface area contributed by atoms with E-state index in [0.717, 1.165) is 5.56 Å². The average molecular weight is 265 g/mol. The molecular weight excluding hydrogens is 256 g/mol. The highest BCUT2D eigenvalue weighted by Crippen LogP contribution is 2.30. The van der Waals surface area contributed by atoms with E-state index in [0.29, 0.717) is 11.5 Å². The van der Waals surface area contributed by atoms with Crippen LogP contribution in [-0.4, -0.2) is 25.7 Å². The van der Waals surface area contributed by atoms with Crippen LogP contribution in [0.2, 0.25) is 5.28 Å². The lowest BCUT2D eigenvalue weighted by Crippen LogP contribution is -2.32. The summed E-state index contributed by atoms with van der Waals surface area (Å²) in [5.41, 5.74) is 1.28. The van der Waals surface area contributed by atoms with Crippen molar-refractivity contribution in [2.24, 2.45) is 7.05 Å². The highest BCUT2D eigenvalue weighted by molar-refractivity contribution is 6.28. The molecule has 1 unspecified atom stereocenters. The Labute approximate surface area is 107 Å². The maximum atomic E-state index is 12.0. The van der Waals surface area contributed by atoms with E-state index in [1.807, 2.05) is 0 Å². The van der Waals surface area contributed by atoms with Gasteiger partial charge in [-0.25, -0.2) is 4.98 Å². The molecule has 3 rings (SSSR count). The Kier molecular flexibility index (Phi) is 2.41. The summed E-state index contributed by atoms with van der Waals surface area (Å²) in [7, 11) is 1.79. The Balaban J connectivity index is 1.98. The Morgan fingerprint density at radius 1 is 1.44 bits per heavy atom. The van der Waals surface area contributed by atoms with Crippen LogP contribution in [0.5, 0.6) is 0 Å². The maximum absolute atomic E-state index is 12.0. The Morgan fingerprint density at radius 3 is 3.00 bits per heavy atom. The van der Waals surface area contributed by atoms with Gasteiger partial charge in [-0.1, -0.05) is 0 Å². The van der Waals surface area contributed by atoms with Gasteiger partial charge in [0.2, 0.25) is 5.28 Å². The van der Waals surface area contributed by atoms with E-state index < -0.39 is 6.04 Å². The maximum Gasteiger partial charge on any atom is 0.251 e. The van der Waals surface area contributed by atoms with Gasteiger partial charge in [0.1, 0.15) is 11.7 Å². The summed E-state index contributed by atoms with van der Waals surface area (Å²) in [6.07, 6.45) is 4.87. The molecule has 3 heterocycles. The third-order valence-electron chi connectivity index (χ3n) is 2.62. The van der Waals surface area contributed by atoms with Gasteiger partial charge in [-0.3, -0.25) is 9.48 Å². The van der Waals surface area contributed by atoms with Crippen LogP contribution in [0, 0.1) is 0 Å². The lowest BCUT2D eigenvalue weighted by molar-refractivity contribution is -0.117. The molecule has 1 aliphatic heterocycles. The molecule has 0 spiro atoms. The number of nitrogens with one attached hydrogen (secondary N) is 2. The molecule has 1 atom stereocenters. The van der Waals surface area contributed by atoms with Gasteiger partial charge >= 0.3 is 0 Å². The van der Waals surface area contributed by atoms with Crippen LogP contribution in [0.3, 0.4) is 0 Å². The van der Waals surface area contributed by atoms with Crippen molar-refractivity contribution in [2.75, 3.05) is 10.6 Å². The topological polar surface area (TPSA) is 84.7 Å². The van der Waals surface area contributed by atoms with Crippen molar-refractivity contribution in [2.45, 2.75) is 6.04 Å². The Hall–Kier alpha value is -2.15. The van der Waals surface area contributed by atoms with Crippen LogP contribution in [-0.2, 0) is 11.8 Å². The highest BCUT2D eigenvalue weighted by Gasteiger charge is 2.29. The van der Waals surface area contributed by atoms with E-state index in [2.05, 4.69) is 25.7 Å². The van der Waals surface area contributed by atoms with E-state index in [9.17, 15) is 4.79 Å². The number of amides is 1. The molecule has 0 saturated heterocycles. The number of nitrogens with zero attached hydrogens (tertiary/aromatic N) is 4. The predicted octanol–water partition coefficient (Wildman–Crippen LogP) is 0.969. The molecule has 0 aliphatic carbocycles. The van der Waals surface area contributed by atoms with Gasteiger partial charge in [-0.15, -0.1) is 0 Å². The van der Waals surface area contributed by atoms with E-state index >= 15 is 0 Å². The van der Waals surface area contributed by atoms with Crippen molar-refractivity contribution >= 4 is 29.0 Å². The number of hydrogen-bond acceptors (Lipinski definition) is 5. The molecule has 0 bridgehead atoms. The fourth-order valence-electron chi connectivity index (χ4n) is 1.79. The van der Waals surface area contributed by atoms with Crippen molar-refractivity contribution < 1.29 is 4.79 Å². The Bertz CT molecular complexity index is 625. The van der Waals surface area contributed by atoms with Gasteiger partial charge in [0.25, 0.3) is 5.91 Å². The number of carbonyl (C=O) groups excluding carboxylic acids is 1. The second kappa shape index (κ2) is 3.95. The molecule has 1 amide bonds. The predicted molar refractivity (Wildman–Crippen MR) is 65.2 cm³/mol. The van der Waals surface area contributed by atoms with Crippen molar-refractivity contribution in [3.05, 3.63) is 29.4 Å². The molecule has 18 heavy (non-hydrogen) atoms. The van der Waals surface area contributed by atoms with Crippen LogP contribution in [0.15, 0.2) is 18.6 Å². The lowest BCUT2D eigenvalue weighted by Gasteiger charge is -2.24. The first-order valence-electron chi connectivity index (χ1n) is 5.22. The van der Waals surface area contributed by atoms with E-state index in [1.54, 1.807) is 24.1 Å². The van der Waals surface area contributed by atoms with Crippen molar-refractivity contribution in [3.8, 4) is 0 Å². The highest BCUT2D eigenvalue weighted by atomic mass is 35.5. The summed E-state index contributed by atoms with van der Waals surface area (Å²) in [4.78, 5) is 19.8. The van der Waals surface area contributed by atoms with Crippen LogP contribution < -0.4 is 10.6 Å². The zero-order chi connectivity index (χ0) is 12.7. The monoisotopic (exact) mass is 264 g/mol. The van der Waals surface area contributed by atoms with Gasteiger partial charge < -0.3 is 10.6 Å². The number of hydrogen-bond donors (Lipinski definition) is 2. The van der Waals surface area contributed by atoms with E-state index in [4.69, 9.17) is 11.6 Å². The first kappa shape index (κ1) is 11.0. The first-order valence-corrected chi connectivity index (χ1v) is 5.60. The molecule has 0 aromatic carbocycles. The quantitative estimate of drug-likeness (QED) is 0.750. The normalized spacial score (nSPS) is 17.9. The molecule has 2 N–H and O–H groups in total. The van der Waals surface area contributed by atoms with Crippen molar-refractivity contribution in [1.29, 1.82) is 0 Å². The summed E-state index contributed by atoms with van der Waals surface area (Å²) in [5, 5.41) is 9.90. The zero-order valence-corrected chi connectivity index (χ0v) is 10.1. The molecule has 7 nitrogen and oxygen atoms in total. The molecule has 8 heteroatoms. The minimum Gasteiger partial charge on any atom is -0.353 e. The molecule has 2 aromatic heterocycles. The van der Waals surface area contributed by atoms with Crippen LogP contribution in [0.1, 0.15) is 11.6 Å². The van der Waals surface area contributed by atoms with Crippen LogP contribution in [0.4, 0.5) is 11.5 Å². The van der Waals surface area contributed by atoms with Gasteiger partial charge in [-0.2, -0.15) is 10.1 Å². The molecule has 0 saturated carbocycles. The fourth-order valence-corrected chi connectivity index (χ4v) is 1.93. The van der Waals surface area contributed by atoms with Gasteiger partial charge in [0.15, 0.2) is 5.82 Å². The zero-order valence-electron chi connectivity index (χ0n) is 9.38. The second-order valence-corrected chi connectivity index (χ2v) is 4.25. The fraction of sp³-hybridized carbons (Fsp3) is 0.200. The van der Waals surface area contributed by atoms with Crippen molar-refractivity contribution in [3.63, 3.8) is 0 Å². The van der Waals surface area contributed by atoms with E-state index in [1.165, 1.54) is 6.20 Å². The summed E-state index contributed by atoms with van der Waals surface area (Å²) in [6, 6.07) is -0.530. The summed E-state index contributed by atoms with van der Waals surface area (Å²) in [5.74, 6) is 0.324. The van der Waals surface area contributed by atoms with Gasteiger partial charge in [0.05, 0.1) is 12.4 Å². The lowest BCUT2D eigenvalue weighted by atomic mass is 10.1. The number of halogens is 1. The molecule has 0 radical (unpaired) electrons. The Morgan fingerprint density at radius 2 is 2.28 bits per heavy atom. The van der Waals surface area contributed by atoms with Crippen molar-refractivity contribution in [1.82, 2.24) is 19.7 Å². The molecule has 0 fully saturated rings. The summed E-state index contributed by atoms with van der Waals surface area (Å²) < 4.78 is 1.63. The number of aryl methyl sites for hydroxylation is 1. The molecular formula is C10H9ClN6O. The third kappa shape index (κ3) is 1.78. The van der Waals surface area contributed by atoms with Gasteiger partial charge in [0, 0.05) is 18.8 Å². The summed E-state index contributed by atoms with van der Waals surface area (Å²) in [6.45, 7) is 0. The summed E-state index contributed by atoms with van der Waals surface area (Å²) >= 11 is 5.72. The second-order valence-electron chi connectivity index (χ2n) is 3.92. The molecule has 2 aromatic rings. The number of anilines is 2. The molecule has 92 valence electrons. The number of carbonyl (C=O) groups is 1. The van der Waals surface area contributed by atoms with E-state index in [-0.39, 0.29) is 11.2 Å². The number of rotatable bonds is 1. The number of fused-ring (bicyclic) bond motifs is 1. The van der Waals surface area contributed by atoms with Crippen LogP contribution in [0.25, 0.3) is 0 Å². The minimum atomic E-state index is -0.530. The average Bonchev–Trinajstić information content (AvgIpc) is 2.75. The van der Waals surface area contributed by atoms with Crippen LogP contribution >= 0.6 is 11.6 Å². The largest absolute Gasteiger partial charge is 0.353 e.